The minimum absolute atomic E-state index is 0.147. The van der Waals surface area contributed by atoms with Crippen LogP contribution in [0.1, 0.15) is 17.0 Å². The van der Waals surface area contributed by atoms with E-state index in [1.54, 1.807) is 0 Å². The van der Waals surface area contributed by atoms with E-state index in [1.807, 2.05) is 35.0 Å². The summed E-state index contributed by atoms with van der Waals surface area (Å²) >= 11 is 0. The summed E-state index contributed by atoms with van der Waals surface area (Å²) in [4.78, 5) is 4.83. The molecule has 5 nitrogen and oxygen atoms in total. The lowest BCUT2D eigenvalue weighted by Gasteiger charge is -2.23. The number of aryl methyl sites for hydroxylation is 1. The Kier molecular flexibility index (Phi) is 5.09. The summed E-state index contributed by atoms with van der Waals surface area (Å²) in [6.07, 6.45) is 0.909. The van der Waals surface area contributed by atoms with Gasteiger partial charge in [0.2, 0.25) is 0 Å². The van der Waals surface area contributed by atoms with Gasteiger partial charge in [-0.15, -0.1) is 0 Å². The van der Waals surface area contributed by atoms with Gasteiger partial charge in [-0.3, -0.25) is 0 Å². The van der Waals surface area contributed by atoms with Crippen LogP contribution in [-0.4, -0.2) is 40.6 Å². The van der Waals surface area contributed by atoms with Crippen molar-refractivity contribution in [1.82, 2.24) is 20.1 Å². The zero-order chi connectivity index (χ0) is 17.8. The van der Waals surface area contributed by atoms with Crippen LogP contribution >= 0.6 is 0 Å². The molecule has 2 aromatic carbocycles. The number of rotatable bonds is 5. The predicted octanol–water partition coefficient (Wildman–Crippen LogP) is 2.83. The van der Waals surface area contributed by atoms with Crippen molar-refractivity contribution >= 4 is 0 Å². The highest BCUT2D eigenvalue weighted by Crippen LogP contribution is 2.18. The average molecular weight is 348 g/mol. The SMILES string of the molecule is Cc1ccc(Cn2nc(-c3ccccc3)nc2CC2CNCCO2)cc1. The van der Waals surface area contributed by atoms with Gasteiger partial charge in [0.05, 0.1) is 19.3 Å². The van der Waals surface area contributed by atoms with Crippen LogP contribution in [0.15, 0.2) is 54.6 Å². The van der Waals surface area contributed by atoms with E-state index in [4.69, 9.17) is 14.8 Å². The van der Waals surface area contributed by atoms with Crippen LogP contribution in [0.2, 0.25) is 0 Å². The van der Waals surface area contributed by atoms with E-state index in [0.29, 0.717) is 0 Å². The standard InChI is InChI=1S/C21H24N4O/c1-16-7-9-17(10-8-16)15-25-20(13-19-14-22-11-12-26-19)23-21(24-25)18-5-3-2-4-6-18/h2-10,19,22H,11-15H2,1H3. The van der Waals surface area contributed by atoms with Crippen molar-refractivity contribution in [2.75, 3.05) is 19.7 Å². The topological polar surface area (TPSA) is 52.0 Å². The number of morpholine rings is 1. The second kappa shape index (κ2) is 7.81. The summed E-state index contributed by atoms with van der Waals surface area (Å²) in [5.74, 6) is 1.75. The fourth-order valence-electron chi connectivity index (χ4n) is 3.18. The molecule has 4 rings (SSSR count). The molecule has 1 unspecified atom stereocenters. The molecule has 0 radical (unpaired) electrons. The Hall–Kier alpha value is -2.50. The Morgan fingerprint density at radius 1 is 1.12 bits per heavy atom. The Labute approximate surface area is 154 Å². The Morgan fingerprint density at radius 3 is 2.65 bits per heavy atom. The third-order valence-corrected chi connectivity index (χ3v) is 4.65. The molecule has 5 heteroatoms. The number of nitrogens with one attached hydrogen (secondary N) is 1. The van der Waals surface area contributed by atoms with Crippen molar-refractivity contribution in [2.45, 2.75) is 26.0 Å². The molecule has 0 bridgehead atoms. The number of aromatic nitrogens is 3. The molecule has 1 aliphatic heterocycles. The first-order chi connectivity index (χ1) is 12.8. The third-order valence-electron chi connectivity index (χ3n) is 4.65. The lowest BCUT2D eigenvalue weighted by molar-refractivity contribution is 0.0274. The molecule has 0 spiro atoms. The molecule has 2 heterocycles. The van der Waals surface area contributed by atoms with Crippen LogP contribution in [0.3, 0.4) is 0 Å². The van der Waals surface area contributed by atoms with Crippen molar-refractivity contribution in [1.29, 1.82) is 0 Å². The van der Waals surface area contributed by atoms with E-state index in [1.165, 1.54) is 11.1 Å². The van der Waals surface area contributed by atoms with E-state index in [0.717, 1.165) is 49.9 Å². The highest BCUT2D eigenvalue weighted by atomic mass is 16.5. The number of hydrogen-bond donors (Lipinski definition) is 1. The summed E-state index contributed by atoms with van der Waals surface area (Å²) in [6.45, 7) is 5.35. The van der Waals surface area contributed by atoms with Crippen molar-refractivity contribution in [2.24, 2.45) is 0 Å². The van der Waals surface area contributed by atoms with E-state index >= 15 is 0 Å². The molecule has 1 aromatic heterocycles. The number of nitrogens with zero attached hydrogens (tertiary/aromatic N) is 3. The first-order valence-corrected chi connectivity index (χ1v) is 9.15. The van der Waals surface area contributed by atoms with Gasteiger partial charge in [-0.05, 0) is 12.5 Å². The van der Waals surface area contributed by atoms with Gasteiger partial charge in [0.25, 0.3) is 0 Å². The molecule has 1 atom stereocenters. The summed E-state index contributed by atoms with van der Waals surface area (Å²) in [5, 5.41) is 8.18. The number of ether oxygens (including phenoxy) is 1. The van der Waals surface area contributed by atoms with Crippen molar-refractivity contribution in [3.05, 3.63) is 71.5 Å². The van der Waals surface area contributed by atoms with Crippen LogP contribution in [0.4, 0.5) is 0 Å². The lowest BCUT2D eigenvalue weighted by atomic mass is 10.1. The highest BCUT2D eigenvalue weighted by Gasteiger charge is 2.19. The van der Waals surface area contributed by atoms with Gasteiger partial charge in [-0.2, -0.15) is 5.10 Å². The zero-order valence-electron chi connectivity index (χ0n) is 15.1. The molecule has 1 fully saturated rings. The quantitative estimate of drug-likeness (QED) is 0.770. The van der Waals surface area contributed by atoms with Crippen molar-refractivity contribution in [3.8, 4) is 11.4 Å². The molecule has 1 N–H and O–H groups in total. The smallest absolute Gasteiger partial charge is 0.181 e. The molecule has 134 valence electrons. The predicted molar refractivity (Wildman–Crippen MR) is 102 cm³/mol. The average Bonchev–Trinajstić information content (AvgIpc) is 3.07. The van der Waals surface area contributed by atoms with Gasteiger partial charge >= 0.3 is 0 Å². The van der Waals surface area contributed by atoms with Gasteiger partial charge in [-0.25, -0.2) is 9.67 Å². The van der Waals surface area contributed by atoms with Gasteiger partial charge in [-0.1, -0.05) is 60.2 Å². The van der Waals surface area contributed by atoms with Crippen LogP contribution in [0.5, 0.6) is 0 Å². The number of benzene rings is 2. The molecular formula is C21H24N4O. The monoisotopic (exact) mass is 348 g/mol. The Balaban J connectivity index is 1.62. The van der Waals surface area contributed by atoms with Gasteiger partial charge in [0.15, 0.2) is 5.82 Å². The Bertz CT molecular complexity index is 836. The molecule has 0 aliphatic carbocycles. The number of hydrogen-bond acceptors (Lipinski definition) is 4. The normalized spacial score (nSPS) is 17.3. The van der Waals surface area contributed by atoms with E-state index < -0.39 is 0 Å². The van der Waals surface area contributed by atoms with Crippen molar-refractivity contribution < 1.29 is 4.74 Å². The maximum atomic E-state index is 5.87. The first kappa shape index (κ1) is 16.9. The summed E-state index contributed by atoms with van der Waals surface area (Å²) in [6, 6.07) is 18.7. The molecular weight excluding hydrogens is 324 g/mol. The fraction of sp³-hybridized carbons (Fsp3) is 0.333. The lowest BCUT2D eigenvalue weighted by Crippen LogP contribution is -2.40. The third kappa shape index (κ3) is 4.00. The highest BCUT2D eigenvalue weighted by molar-refractivity contribution is 5.54. The molecule has 0 saturated carbocycles. The largest absolute Gasteiger partial charge is 0.375 e. The minimum Gasteiger partial charge on any atom is -0.375 e. The summed E-state index contributed by atoms with van der Waals surface area (Å²) in [5.41, 5.74) is 3.53. The summed E-state index contributed by atoms with van der Waals surface area (Å²) < 4.78 is 7.89. The van der Waals surface area contributed by atoms with Gasteiger partial charge in [0.1, 0.15) is 5.82 Å². The summed E-state index contributed by atoms with van der Waals surface area (Å²) in [7, 11) is 0. The molecule has 26 heavy (non-hydrogen) atoms. The molecule has 1 saturated heterocycles. The fourth-order valence-corrected chi connectivity index (χ4v) is 3.18. The van der Waals surface area contributed by atoms with Crippen molar-refractivity contribution in [3.63, 3.8) is 0 Å². The van der Waals surface area contributed by atoms with E-state index in [-0.39, 0.29) is 6.10 Å². The van der Waals surface area contributed by atoms with Crippen LogP contribution in [0.25, 0.3) is 11.4 Å². The van der Waals surface area contributed by atoms with E-state index in [9.17, 15) is 0 Å². The van der Waals surface area contributed by atoms with Crippen LogP contribution in [0, 0.1) is 6.92 Å². The maximum absolute atomic E-state index is 5.87. The second-order valence-electron chi connectivity index (χ2n) is 6.76. The van der Waals surface area contributed by atoms with Gasteiger partial charge in [0, 0.05) is 25.1 Å². The Morgan fingerprint density at radius 2 is 1.92 bits per heavy atom. The molecule has 0 amide bonds. The second-order valence-corrected chi connectivity index (χ2v) is 6.76. The molecule has 3 aromatic rings. The van der Waals surface area contributed by atoms with Crippen LogP contribution < -0.4 is 5.32 Å². The minimum atomic E-state index is 0.147. The van der Waals surface area contributed by atoms with E-state index in [2.05, 4.69) is 36.5 Å². The molecule has 1 aliphatic rings. The van der Waals surface area contributed by atoms with Gasteiger partial charge < -0.3 is 10.1 Å². The maximum Gasteiger partial charge on any atom is 0.181 e. The first-order valence-electron chi connectivity index (χ1n) is 9.15. The van der Waals surface area contributed by atoms with Crippen LogP contribution in [-0.2, 0) is 17.7 Å². The zero-order valence-corrected chi connectivity index (χ0v) is 15.1.